The molecule has 0 unspecified atom stereocenters. The fourth-order valence-electron chi connectivity index (χ4n) is 6.54. The number of rotatable bonds is 2. The Morgan fingerprint density at radius 3 is 2.62 bits per heavy atom. The average molecular weight is 448 g/mol. The molecule has 166 valence electrons. The van der Waals surface area contributed by atoms with Gasteiger partial charge in [-0.2, -0.15) is 4.98 Å². The zero-order valence-electron chi connectivity index (χ0n) is 18.7. The molecular formula is C27H30ClN3O. The lowest BCUT2D eigenvalue weighted by Gasteiger charge is -2.34. The van der Waals surface area contributed by atoms with Crippen molar-refractivity contribution in [1.29, 1.82) is 0 Å². The summed E-state index contributed by atoms with van der Waals surface area (Å²) in [5, 5.41) is 1.03. The highest BCUT2D eigenvalue weighted by atomic mass is 35.5. The molecule has 1 saturated carbocycles. The lowest BCUT2D eigenvalue weighted by Crippen LogP contribution is -2.32. The van der Waals surface area contributed by atoms with Gasteiger partial charge in [0.2, 0.25) is 0 Å². The Labute approximate surface area is 194 Å². The second-order valence-electron chi connectivity index (χ2n) is 9.84. The van der Waals surface area contributed by atoms with Crippen molar-refractivity contribution in [1.82, 2.24) is 14.5 Å². The number of hydrogen-bond acceptors (Lipinski definition) is 3. The van der Waals surface area contributed by atoms with E-state index in [1.807, 2.05) is 12.1 Å². The standard InChI is InChI=1S/C27H30ClN3O/c1-2-30-15-11-18(12-16-30)19-9-10-20-23(17-19)31-22-8-6-7-21(28)24(22)25(32)29-26(31)27(20)13-4-3-5-14-27/h6-10,17-18H,2-5,11-16H2,1H3. The molecule has 0 bridgehead atoms. The molecule has 1 saturated heterocycles. The molecular weight excluding hydrogens is 418 g/mol. The van der Waals surface area contributed by atoms with Crippen molar-refractivity contribution in [2.75, 3.05) is 19.6 Å². The van der Waals surface area contributed by atoms with Crippen LogP contribution < -0.4 is 5.56 Å². The Morgan fingerprint density at radius 2 is 1.88 bits per heavy atom. The molecule has 32 heavy (non-hydrogen) atoms. The third-order valence-electron chi connectivity index (χ3n) is 8.29. The molecule has 1 aromatic heterocycles. The van der Waals surface area contributed by atoms with E-state index in [2.05, 4.69) is 34.6 Å². The van der Waals surface area contributed by atoms with Crippen LogP contribution in [0.1, 0.15) is 74.7 Å². The van der Waals surface area contributed by atoms with Gasteiger partial charge in [0.05, 0.1) is 27.0 Å². The number of likely N-dealkylation sites (tertiary alicyclic amines) is 1. The molecule has 2 aromatic carbocycles. The van der Waals surface area contributed by atoms with Crippen molar-refractivity contribution in [2.45, 2.75) is 63.2 Å². The van der Waals surface area contributed by atoms with Crippen LogP contribution in [0.2, 0.25) is 5.02 Å². The summed E-state index contributed by atoms with van der Waals surface area (Å²) in [6, 6.07) is 12.9. The fourth-order valence-corrected chi connectivity index (χ4v) is 6.79. The number of nitrogens with zero attached hydrogens (tertiary/aromatic N) is 3. The summed E-state index contributed by atoms with van der Waals surface area (Å²) in [6.45, 7) is 5.73. The van der Waals surface area contributed by atoms with Crippen LogP contribution >= 0.6 is 11.6 Å². The van der Waals surface area contributed by atoms with Gasteiger partial charge in [0, 0.05) is 0 Å². The smallest absolute Gasteiger partial charge is 0.282 e. The minimum atomic E-state index is -0.193. The Morgan fingerprint density at radius 1 is 1.09 bits per heavy atom. The predicted molar refractivity (Wildman–Crippen MR) is 130 cm³/mol. The average Bonchev–Trinajstić information content (AvgIpc) is 3.08. The van der Waals surface area contributed by atoms with Gasteiger partial charge in [-0.15, -0.1) is 0 Å². The summed E-state index contributed by atoms with van der Waals surface area (Å²) in [6.07, 6.45) is 8.16. The maximum Gasteiger partial charge on any atom is 0.282 e. The van der Waals surface area contributed by atoms with Gasteiger partial charge in [0.15, 0.2) is 0 Å². The molecule has 3 heterocycles. The minimum absolute atomic E-state index is 0.145. The first kappa shape index (κ1) is 20.4. The molecule has 0 amide bonds. The number of aromatic nitrogens is 2. The third kappa shape index (κ3) is 2.92. The molecule has 3 aliphatic rings. The first-order chi connectivity index (χ1) is 15.6. The second-order valence-corrected chi connectivity index (χ2v) is 10.2. The summed E-state index contributed by atoms with van der Waals surface area (Å²) in [5.41, 5.74) is 4.55. The SMILES string of the molecule is CCN1CCC(c2ccc3c(c2)-n2c(nc(=O)c4c(Cl)cccc42)C32CCCCC2)CC1. The Kier molecular flexibility index (Phi) is 4.92. The van der Waals surface area contributed by atoms with Crippen molar-refractivity contribution in [2.24, 2.45) is 0 Å². The molecule has 1 spiro atoms. The van der Waals surface area contributed by atoms with Crippen molar-refractivity contribution < 1.29 is 0 Å². The number of fused-ring (bicyclic) bond motifs is 7. The van der Waals surface area contributed by atoms with Gasteiger partial charge in [-0.1, -0.05) is 56.0 Å². The third-order valence-corrected chi connectivity index (χ3v) is 8.60. The summed E-state index contributed by atoms with van der Waals surface area (Å²) >= 11 is 6.49. The maximum absolute atomic E-state index is 13.1. The highest BCUT2D eigenvalue weighted by molar-refractivity contribution is 6.35. The quantitative estimate of drug-likeness (QED) is 0.498. The molecule has 1 aliphatic carbocycles. The number of halogens is 1. The van der Waals surface area contributed by atoms with E-state index in [-0.39, 0.29) is 11.0 Å². The van der Waals surface area contributed by atoms with Gasteiger partial charge in [0.1, 0.15) is 5.82 Å². The largest absolute Gasteiger partial charge is 0.304 e. The van der Waals surface area contributed by atoms with E-state index >= 15 is 0 Å². The van der Waals surface area contributed by atoms with Crippen molar-refractivity contribution >= 4 is 22.5 Å². The van der Waals surface area contributed by atoms with Gasteiger partial charge < -0.3 is 4.90 Å². The number of benzene rings is 2. The second kappa shape index (κ2) is 7.71. The highest BCUT2D eigenvalue weighted by Crippen LogP contribution is 2.52. The van der Waals surface area contributed by atoms with E-state index in [4.69, 9.17) is 16.6 Å². The van der Waals surface area contributed by atoms with E-state index in [1.54, 1.807) is 6.07 Å². The van der Waals surface area contributed by atoms with Gasteiger partial charge in [-0.25, -0.2) is 0 Å². The fraction of sp³-hybridized carbons (Fsp3) is 0.481. The maximum atomic E-state index is 13.1. The molecule has 0 radical (unpaired) electrons. The molecule has 0 N–H and O–H groups in total. The van der Waals surface area contributed by atoms with Crippen molar-refractivity contribution in [3.63, 3.8) is 0 Å². The molecule has 2 fully saturated rings. The molecule has 6 rings (SSSR count). The first-order valence-corrected chi connectivity index (χ1v) is 12.6. The Bertz CT molecular complexity index is 1250. The summed E-state index contributed by atoms with van der Waals surface area (Å²) in [5.74, 6) is 1.53. The monoisotopic (exact) mass is 447 g/mol. The van der Waals surface area contributed by atoms with Crippen molar-refractivity contribution in [3.05, 3.63) is 68.7 Å². The first-order valence-electron chi connectivity index (χ1n) is 12.2. The normalized spacial score (nSPS) is 20.6. The number of hydrogen-bond donors (Lipinski definition) is 0. The van der Waals surface area contributed by atoms with Crippen LogP contribution in [0.15, 0.2) is 41.2 Å². The van der Waals surface area contributed by atoms with Crippen LogP contribution in [-0.2, 0) is 5.41 Å². The topological polar surface area (TPSA) is 38.1 Å². The van der Waals surface area contributed by atoms with E-state index in [0.29, 0.717) is 16.3 Å². The van der Waals surface area contributed by atoms with Gasteiger partial charge in [-0.05, 0) is 80.6 Å². The highest BCUT2D eigenvalue weighted by Gasteiger charge is 2.46. The molecule has 2 aliphatic heterocycles. The zero-order chi connectivity index (χ0) is 21.9. The Balaban J connectivity index is 1.57. The van der Waals surface area contributed by atoms with E-state index in [0.717, 1.165) is 30.7 Å². The zero-order valence-corrected chi connectivity index (χ0v) is 19.5. The lowest BCUT2D eigenvalue weighted by molar-refractivity contribution is 0.222. The van der Waals surface area contributed by atoms with Crippen LogP contribution in [0.25, 0.3) is 16.6 Å². The Hall–Kier alpha value is -2.17. The molecule has 0 atom stereocenters. The lowest BCUT2D eigenvalue weighted by atomic mass is 9.69. The van der Waals surface area contributed by atoms with Crippen LogP contribution in [0.5, 0.6) is 0 Å². The van der Waals surface area contributed by atoms with E-state index in [1.165, 1.54) is 62.0 Å². The van der Waals surface area contributed by atoms with Crippen LogP contribution in [0, 0.1) is 0 Å². The number of piperidine rings is 1. The predicted octanol–water partition coefficient (Wildman–Crippen LogP) is 5.80. The minimum Gasteiger partial charge on any atom is -0.304 e. The summed E-state index contributed by atoms with van der Waals surface area (Å²) in [4.78, 5) is 20.4. The van der Waals surface area contributed by atoms with E-state index in [9.17, 15) is 4.79 Å². The van der Waals surface area contributed by atoms with Crippen LogP contribution in [0.4, 0.5) is 0 Å². The van der Waals surface area contributed by atoms with Crippen molar-refractivity contribution in [3.8, 4) is 5.69 Å². The molecule has 3 aromatic rings. The van der Waals surface area contributed by atoms with E-state index < -0.39 is 0 Å². The summed E-state index contributed by atoms with van der Waals surface area (Å²) in [7, 11) is 0. The summed E-state index contributed by atoms with van der Waals surface area (Å²) < 4.78 is 2.27. The molecule has 5 heteroatoms. The molecule has 4 nitrogen and oxygen atoms in total. The van der Waals surface area contributed by atoms with Gasteiger partial charge >= 0.3 is 0 Å². The van der Waals surface area contributed by atoms with Gasteiger partial charge in [0.25, 0.3) is 5.56 Å². The van der Waals surface area contributed by atoms with Crippen LogP contribution in [-0.4, -0.2) is 34.1 Å². The van der Waals surface area contributed by atoms with Gasteiger partial charge in [-0.3, -0.25) is 9.36 Å². The van der Waals surface area contributed by atoms with Crippen LogP contribution in [0.3, 0.4) is 0 Å².